The Labute approximate surface area is 134 Å². The third-order valence-corrected chi connectivity index (χ3v) is 4.93. The van der Waals surface area contributed by atoms with Crippen molar-refractivity contribution in [3.8, 4) is 11.4 Å². The fraction of sp³-hybridized carbons (Fsp3) is 0.500. The highest BCUT2D eigenvalue weighted by atomic mass is 35.5. The number of nitrogens with zero attached hydrogens (tertiary/aromatic N) is 3. The zero-order chi connectivity index (χ0) is 14.9. The molecular formula is C16H19ClN4O. The van der Waals surface area contributed by atoms with Gasteiger partial charge in [-0.2, -0.15) is 4.98 Å². The van der Waals surface area contributed by atoms with Gasteiger partial charge in [0.2, 0.25) is 11.7 Å². The molecular weight excluding hydrogens is 300 g/mol. The summed E-state index contributed by atoms with van der Waals surface area (Å²) in [6.45, 7) is 5.28. The van der Waals surface area contributed by atoms with Gasteiger partial charge < -0.3 is 9.84 Å². The average Bonchev–Trinajstić information content (AvgIpc) is 3.16. The summed E-state index contributed by atoms with van der Waals surface area (Å²) < 4.78 is 5.41. The Morgan fingerprint density at radius 1 is 1.32 bits per heavy atom. The molecule has 2 saturated heterocycles. The number of aromatic nitrogens is 2. The molecule has 3 heterocycles. The molecule has 1 N–H and O–H groups in total. The minimum absolute atomic E-state index is 0.606. The molecule has 116 valence electrons. The van der Waals surface area contributed by atoms with Crippen molar-refractivity contribution in [3.05, 3.63) is 35.2 Å². The number of fused-ring (bicyclic) bond motifs is 1. The van der Waals surface area contributed by atoms with Crippen molar-refractivity contribution in [1.82, 2.24) is 20.4 Å². The van der Waals surface area contributed by atoms with Crippen molar-refractivity contribution >= 4 is 11.6 Å². The van der Waals surface area contributed by atoms with Crippen LogP contribution in [0.2, 0.25) is 5.02 Å². The van der Waals surface area contributed by atoms with Crippen LogP contribution >= 0.6 is 11.6 Å². The molecule has 0 radical (unpaired) electrons. The van der Waals surface area contributed by atoms with E-state index in [1.165, 1.54) is 13.0 Å². The van der Waals surface area contributed by atoms with Crippen LogP contribution in [0.1, 0.15) is 12.3 Å². The quantitative estimate of drug-likeness (QED) is 0.942. The topological polar surface area (TPSA) is 54.2 Å². The van der Waals surface area contributed by atoms with E-state index in [1.807, 2.05) is 24.3 Å². The number of hydrogen-bond acceptors (Lipinski definition) is 5. The molecule has 2 aromatic rings. The second-order valence-corrected chi connectivity index (χ2v) is 6.66. The minimum atomic E-state index is 0.606. The standard InChI is InChI=1S/C16H19ClN4O/c17-14-3-1-2-11(6-14)16-19-15(22-20-16)10-21-5-4-12-7-18-8-13(12)9-21/h1-3,6,12-13,18H,4-5,7-10H2. The summed E-state index contributed by atoms with van der Waals surface area (Å²) >= 11 is 6.01. The third-order valence-electron chi connectivity index (χ3n) is 4.70. The fourth-order valence-electron chi connectivity index (χ4n) is 3.51. The van der Waals surface area contributed by atoms with Gasteiger partial charge in [0.25, 0.3) is 0 Å². The minimum Gasteiger partial charge on any atom is -0.338 e. The molecule has 2 unspecified atom stereocenters. The number of likely N-dealkylation sites (tertiary alicyclic amines) is 1. The molecule has 0 amide bonds. The lowest BCUT2D eigenvalue weighted by atomic mass is 9.89. The zero-order valence-corrected chi connectivity index (χ0v) is 13.1. The van der Waals surface area contributed by atoms with Gasteiger partial charge in [-0.15, -0.1) is 0 Å². The first-order chi connectivity index (χ1) is 10.8. The zero-order valence-electron chi connectivity index (χ0n) is 12.3. The number of rotatable bonds is 3. The number of halogens is 1. The van der Waals surface area contributed by atoms with E-state index >= 15 is 0 Å². The molecule has 2 aliphatic heterocycles. The number of hydrogen-bond donors (Lipinski definition) is 1. The van der Waals surface area contributed by atoms with Gasteiger partial charge in [0.15, 0.2) is 0 Å². The lowest BCUT2D eigenvalue weighted by Gasteiger charge is -2.33. The van der Waals surface area contributed by atoms with Crippen LogP contribution in [0.4, 0.5) is 0 Å². The van der Waals surface area contributed by atoms with Crippen molar-refractivity contribution in [2.24, 2.45) is 11.8 Å². The van der Waals surface area contributed by atoms with E-state index in [0.29, 0.717) is 16.7 Å². The van der Waals surface area contributed by atoms with Gasteiger partial charge in [0, 0.05) is 17.1 Å². The molecule has 5 nitrogen and oxygen atoms in total. The third kappa shape index (κ3) is 2.89. The van der Waals surface area contributed by atoms with E-state index in [4.69, 9.17) is 16.1 Å². The molecule has 0 saturated carbocycles. The summed E-state index contributed by atoms with van der Waals surface area (Å²) in [5.41, 5.74) is 0.890. The van der Waals surface area contributed by atoms with E-state index < -0.39 is 0 Å². The highest BCUT2D eigenvalue weighted by Crippen LogP contribution is 2.27. The summed E-state index contributed by atoms with van der Waals surface area (Å²) in [5, 5.41) is 8.24. The van der Waals surface area contributed by atoms with E-state index in [9.17, 15) is 0 Å². The van der Waals surface area contributed by atoms with E-state index in [2.05, 4.69) is 20.4 Å². The highest BCUT2D eigenvalue weighted by Gasteiger charge is 2.33. The summed E-state index contributed by atoms with van der Waals surface area (Å²) in [6, 6.07) is 7.53. The smallest absolute Gasteiger partial charge is 0.241 e. The molecule has 1 aromatic heterocycles. The average molecular weight is 319 g/mol. The Balaban J connectivity index is 1.44. The lowest BCUT2D eigenvalue weighted by Crippen LogP contribution is -2.39. The highest BCUT2D eigenvalue weighted by molar-refractivity contribution is 6.30. The molecule has 0 aliphatic carbocycles. The van der Waals surface area contributed by atoms with Gasteiger partial charge in [-0.1, -0.05) is 28.9 Å². The van der Waals surface area contributed by atoms with Gasteiger partial charge >= 0.3 is 0 Å². The predicted octanol–water partition coefficient (Wildman–Crippen LogP) is 2.43. The van der Waals surface area contributed by atoms with Gasteiger partial charge in [-0.25, -0.2) is 0 Å². The van der Waals surface area contributed by atoms with Crippen LogP contribution < -0.4 is 5.32 Å². The van der Waals surface area contributed by atoms with Crippen molar-refractivity contribution in [3.63, 3.8) is 0 Å². The summed E-state index contributed by atoms with van der Waals surface area (Å²) in [7, 11) is 0. The van der Waals surface area contributed by atoms with Crippen LogP contribution in [-0.4, -0.2) is 41.2 Å². The van der Waals surface area contributed by atoms with E-state index in [0.717, 1.165) is 43.6 Å². The van der Waals surface area contributed by atoms with Crippen LogP contribution in [0.25, 0.3) is 11.4 Å². The molecule has 2 fully saturated rings. The summed E-state index contributed by atoms with van der Waals surface area (Å²) in [5.74, 6) is 2.90. The molecule has 0 bridgehead atoms. The van der Waals surface area contributed by atoms with Crippen molar-refractivity contribution in [1.29, 1.82) is 0 Å². The molecule has 2 aliphatic rings. The number of benzene rings is 1. The Morgan fingerprint density at radius 3 is 3.14 bits per heavy atom. The normalized spacial score (nSPS) is 25.3. The van der Waals surface area contributed by atoms with Crippen LogP contribution in [-0.2, 0) is 6.54 Å². The van der Waals surface area contributed by atoms with Crippen molar-refractivity contribution in [2.75, 3.05) is 26.2 Å². The predicted molar refractivity (Wildman–Crippen MR) is 84.5 cm³/mol. The Morgan fingerprint density at radius 2 is 2.23 bits per heavy atom. The van der Waals surface area contributed by atoms with Crippen LogP contribution in [0, 0.1) is 11.8 Å². The van der Waals surface area contributed by atoms with E-state index in [1.54, 1.807) is 0 Å². The second-order valence-electron chi connectivity index (χ2n) is 6.22. The van der Waals surface area contributed by atoms with Gasteiger partial charge in [-0.05, 0) is 50.0 Å². The first kappa shape index (κ1) is 14.2. The number of nitrogens with one attached hydrogen (secondary N) is 1. The maximum atomic E-state index is 6.01. The van der Waals surface area contributed by atoms with Crippen LogP contribution in [0.5, 0.6) is 0 Å². The molecule has 0 spiro atoms. The SMILES string of the molecule is Clc1cccc(-c2noc(CN3CCC4CNCC4C3)n2)c1. The molecule has 6 heteroatoms. The van der Waals surface area contributed by atoms with Crippen molar-refractivity contribution in [2.45, 2.75) is 13.0 Å². The monoisotopic (exact) mass is 318 g/mol. The summed E-state index contributed by atoms with van der Waals surface area (Å²) in [6.07, 6.45) is 1.26. The van der Waals surface area contributed by atoms with E-state index in [-0.39, 0.29) is 0 Å². The van der Waals surface area contributed by atoms with Crippen molar-refractivity contribution < 1.29 is 4.52 Å². The molecule has 1 aromatic carbocycles. The molecule has 22 heavy (non-hydrogen) atoms. The van der Waals surface area contributed by atoms with Crippen LogP contribution in [0.3, 0.4) is 0 Å². The Hall–Kier alpha value is -1.43. The van der Waals surface area contributed by atoms with Gasteiger partial charge in [0.1, 0.15) is 0 Å². The van der Waals surface area contributed by atoms with Gasteiger partial charge in [-0.3, -0.25) is 4.90 Å². The number of piperidine rings is 1. The van der Waals surface area contributed by atoms with Gasteiger partial charge in [0.05, 0.1) is 6.54 Å². The van der Waals surface area contributed by atoms with Crippen LogP contribution in [0.15, 0.2) is 28.8 Å². The summed E-state index contributed by atoms with van der Waals surface area (Å²) in [4.78, 5) is 6.93. The maximum Gasteiger partial charge on any atom is 0.241 e. The first-order valence-electron chi connectivity index (χ1n) is 7.79. The molecule has 2 atom stereocenters. The first-order valence-corrected chi connectivity index (χ1v) is 8.17. The fourth-order valence-corrected chi connectivity index (χ4v) is 3.70. The Kier molecular flexibility index (Phi) is 3.86. The second kappa shape index (κ2) is 5.99. The Bertz CT molecular complexity index is 659. The molecule has 4 rings (SSSR count). The lowest BCUT2D eigenvalue weighted by molar-refractivity contribution is 0.128. The maximum absolute atomic E-state index is 6.01. The largest absolute Gasteiger partial charge is 0.338 e.